The first kappa shape index (κ1) is 20.0. The zero-order valence-electron chi connectivity index (χ0n) is 16.5. The zero-order chi connectivity index (χ0) is 20.3. The van der Waals surface area contributed by atoms with Crippen LogP contribution in [0.1, 0.15) is 38.5 Å². The minimum absolute atomic E-state index is 0.211. The Bertz CT molecular complexity index is 760. The molecule has 8 nitrogen and oxygen atoms in total. The van der Waals surface area contributed by atoms with E-state index in [1.807, 2.05) is 0 Å². The molecule has 0 atom stereocenters. The summed E-state index contributed by atoms with van der Waals surface area (Å²) < 4.78 is 15.8. The lowest BCUT2D eigenvalue weighted by atomic mass is 9.73. The van der Waals surface area contributed by atoms with E-state index in [-0.39, 0.29) is 24.8 Å². The molecule has 152 valence electrons. The van der Waals surface area contributed by atoms with Gasteiger partial charge in [-0.2, -0.15) is 0 Å². The average Bonchev–Trinajstić information content (AvgIpc) is 2.91. The number of nitrogens with zero attached hydrogens (tertiary/aromatic N) is 1. The summed E-state index contributed by atoms with van der Waals surface area (Å²) in [4.78, 5) is 38.8. The average molecular weight is 390 g/mol. The second kappa shape index (κ2) is 8.08. The van der Waals surface area contributed by atoms with Crippen molar-refractivity contribution in [3.63, 3.8) is 0 Å². The molecule has 8 heteroatoms. The van der Waals surface area contributed by atoms with Gasteiger partial charge in [0.2, 0.25) is 23.5 Å². The fourth-order valence-corrected chi connectivity index (χ4v) is 4.14. The summed E-state index contributed by atoms with van der Waals surface area (Å²) in [5.41, 5.74) is -0.173. The standard InChI is InChI=1S/C20H26N2O6/c1-26-14-9-13(10-15(27-2)18(14)28-3)21-16(23)12-22-17(24)11-20(19(22)25)7-5-4-6-8-20/h9-10H,4-8,11-12H2,1-3H3,(H,21,23). The van der Waals surface area contributed by atoms with Crippen LogP contribution in [0, 0.1) is 5.41 Å². The molecule has 1 heterocycles. The molecule has 3 amide bonds. The predicted octanol–water partition coefficient (Wildman–Crippen LogP) is 2.36. The fourth-order valence-electron chi connectivity index (χ4n) is 4.14. The Balaban J connectivity index is 1.72. The maximum atomic E-state index is 12.8. The molecule has 2 fully saturated rings. The molecule has 2 aliphatic rings. The highest BCUT2D eigenvalue weighted by molar-refractivity contribution is 6.09. The molecule has 1 aliphatic heterocycles. The second-order valence-electron chi connectivity index (χ2n) is 7.26. The number of amides is 3. The number of anilines is 1. The number of imide groups is 1. The molecular formula is C20H26N2O6. The lowest BCUT2D eigenvalue weighted by Crippen LogP contribution is -2.41. The van der Waals surface area contributed by atoms with E-state index in [0.717, 1.165) is 37.0 Å². The molecule has 28 heavy (non-hydrogen) atoms. The molecule has 0 radical (unpaired) electrons. The molecule has 1 spiro atoms. The number of rotatable bonds is 6. The summed E-state index contributed by atoms with van der Waals surface area (Å²) in [6.45, 7) is -0.296. The van der Waals surface area contributed by atoms with Crippen molar-refractivity contribution in [3.8, 4) is 17.2 Å². The number of carbonyl (C=O) groups is 3. The van der Waals surface area contributed by atoms with E-state index in [9.17, 15) is 14.4 Å². The topological polar surface area (TPSA) is 94.2 Å². The first-order valence-electron chi connectivity index (χ1n) is 9.39. The largest absolute Gasteiger partial charge is 0.493 e. The zero-order valence-corrected chi connectivity index (χ0v) is 16.5. The Morgan fingerprint density at radius 1 is 1.04 bits per heavy atom. The minimum Gasteiger partial charge on any atom is -0.493 e. The quantitative estimate of drug-likeness (QED) is 0.750. The van der Waals surface area contributed by atoms with Crippen LogP contribution in [0.4, 0.5) is 5.69 Å². The Hall–Kier alpha value is -2.77. The molecule has 1 saturated carbocycles. The molecule has 3 rings (SSSR count). The molecule has 1 saturated heterocycles. The number of nitrogens with one attached hydrogen (secondary N) is 1. The number of hydrogen-bond acceptors (Lipinski definition) is 6. The van der Waals surface area contributed by atoms with Crippen molar-refractivity contribution >= 4 is 23.4 Å². The molecule has 1 N–H and O–H groups in total. The van der Waals surface area contributed by atoms with Gasteiger partial charge in [0, 0.05) is 24.2 Å². The van der Waals surface area contributed by atoms with Gasteiger partial charge in [0.05, 0.1) is 26.7 Å². The monoisotopic (exact) mass is 390 g/mol. The molecule has 1 aliphatic carbocycles. The lowest BCUT2D eigenvalue weighted by Gasteiger charge is -2.30. The van der Waals surface area contributed by atoms with Crippen LogP contribution in [0.25, 0.3) is 0 Å². The van der Waals surface area contributed by atoms with Crippen LogP contribution in [0.2, 0.25) is 0 Å². The minimum atomic E-state index is -0.595. The van der Waals surface area contributed by atoms with E-state index in [0.29, 0.717) is 22.9 Å². The van der Waals surface area contributed by atoms with Crippen molar-refractivity contribution in [3.05, 3.63) is 12.1 Å². The highest BCUT2D eigenvalue weighted by Gasteiger charge is 2.51. The van der Waals surface area contributed by atoms with Gasteiger partial charge in [0.15, 0.2) is 11.5 Å². The third-order valence-corrected chi connectivity index (χ3v) is 5.55. The van der Waals surface area contributed by atoms with Crippen LogP contribution in [0.15, 0.2) is 12.1 Å². The number of methoxy groups -OCH3 is 3. The van der Waals surface area contributed by atoms with E-state index in [2.05, 4.69) is 5.32 Å². The molecule has 0 aromatic heterocycles. The van der Waals surface area contributed by atoms with Crippen molar-refractivity contribution in [2.45, 2.75) is 38.5 Å². The maximum Gasteiger partial charge on any atom is 0.244 e. The van der Waals surface area contributed by atoms with Gasteiger partial charge < -0.3 is 19.5 Å². The normalized spacial score (nSPS) is 18.3. The summed E-state index contributed by atoms with van der Waals surface area (Å²) in [5.74, 6) is 0.262. The summed E-state index contributed by atoms with van der Waals surface area (Å²) in [6.07, 6.45) is 4.65. The molecule has 0 bridgehead atoms. The van der Waals surface area contributed by atoms with E-state index < -0.39 is 11.3 Å². The Morgan fingerprint density at radius 3 is 2.18 bits per heavy atom. The first-order chi connectivity index (χ1) is 13.4. The lowest BCUT2D eigenvalue weighted by molar-refractivity contribution is -0.144. The van der Waals surface area contributed by atoms with Gasteiger partial charge in [0.25, 0.3) is 0 Å². The van der Waals surface area contributed by atoms with Crippen molar-refractivity contribution in [2.24, 2.45) is 5.41 Å². The predicted molar refractivity (Wildman–Crippen MR) is 102 cm³/mol. The third kappa shape index (κ3) is 3.63. The van der Waals surface area contributed by atoms with Crippen LogP contribution in [0.5, 0.6) is 17.2 Å². The van der Waals surface area contributed by atoms with Crippen LogP contribution in [-0.4, -0.2) is 50.5 Å². The SMILES string of the molecule is COc1cc(NC(=O)CN2C(=O)CC3(CCCCC3)C2=O)cc(OC)c1OC. The highest BCUT2D eigenvalue weighted by Crippen LogP contribution is 2.45. The third-order valence-electron chi connectivity index (χ3n) is 5.55. The summed E-state index contributed by atoms with van der Waals surface area (Å²) in [5, 5.41) is 2.70. The maximum absolute atomic E-state index is 12.8. The number of hydrogen-bond donors (Lipinski definition) is 1. The van der Waals surface area contributed by atoms with Crippen molar-refractivity contribution in [1.82, 2.24) is 4.90 Å². The number of benzene rings is 1. The molecule has 1 aromatic carbocycles. The molecule has 0 unspecified atom stereocenters. The summed E-state index contributed by atoms with van der Waals surface area (Å²) >= 11 is 0. The number of carbonyl (C=O) groups excluding carboxylic acids is 3. The first-order valence-corrected chi connectivity index (χ1v) is 9.39. The second-order valence-corrected chi connectivity index (χ2v) is 7.26. The van der Waals surface area contributed by atoms with E-state index >= 15 is 0 Å². The number of ether oxygens (including phenoxy) is 3. The van der Waals surface area contributed by atoms with Gasteiger partial charge in [-0.25, -0.2) is 0 Å². The van der Waals surface area contributed by atoms with Crippen molar-refractivity contribution in [1.29, 1.82) is 0 Å². The van der Waals surface area contributed by atoms with Crippen molar-refractivity contribution < 1.29 is 28.6 Å². The van der Waals surface area contributed by atoms with Crippen LogP contribution in [0.3, 0.4) is 0 Å². The molecule has 1 aromatic rings. The van der Waals surface area contributed by atoms with Gasteiger partial charge >= 0.3 is 0 Å². The summed E-state index contributed by atoms with van der Waals surface area (Å²) in [7, 11) is 4.45. The number of likely N-dealkylation sites (tertiary alicyclic amines) is 1. The van der Waals surface area contributed by atoms with Gasteiger partial charge in [-0.1, -0.05) is 19.3 Å². The van der Waals surface area contributed by atoms with Gasteiger partial charge in [0.1, 0.15) is 6.54 Å². The van der Waals surface area contributed by atoms with Crippen LogP contribution in [-0.2, 0) is 14.4 Å². The van der Waals surface area contributed by atoms with E-state index in [1.165, 1.54) is 21.3 Å². The Labute approximate surface area is 164 Å². The van der Waals surface area contributed by atoms with Crippen LogP contribution < -0.4 is 19.5 Å². The smallest absolute Gasteiger partial charge is 0.244 e. The van der Waals surface area contributed by atoms with Crippen LogP contribution >= 0.6 is 0 Å². The van der Waals surface area contributed by atoms with Gasteiger partial charge in [-0.3, -0.25) is 19.3 Å². The van der Waals surface area contributed by atoms with Gasteiger partial charge in [-0.15, -0.1) is 0 Å². The molecular weight excluding hydrogens is 364 g/mol. The van der Waals surface area contributed by atoms with Crippen molar-refractivity contribution in [2.75, 3.05) is 33.2 Å². The van der Waals surface area contributed by atoms with Gasteiger partial charge in [-0.05, 0) is 12.8 Å². The fraction of sp³-hybridized carbons (Fsp3) is 0.550. The Morgan fingerprint density at radius 2 is 1.64 bits per heavy atom. The van der Waals surface area contributed by atoms with E-state index in [1.54, 1.807) is 12.1 Å². The summed E-state index contributed by atoms with van der Waals surface area (Å²) in [6, 6.07) is 3.19. The highest BCUT2D eigenvalue weighted by atomic mass is 16.5. The van der Waals surface area contributed by atoms with E-state index in [4.69, 9.17) is 14.2 Å². The Kier molecular flexibility index (Phi) is 5.76.